The van der Waals surface area contributed by atoms with E-state index < -0.39 is 11.6 Å². The smallest absolute Gasteiger partial charge is 0.180 e. The lowest BCUT2D eigenvalue weighted by Crippen LogP contribution is -2.01. The Balaban J connectivity index is 1.91. The first-order valence-electron chi connectivity index (χ1n) is 6.66. The fraction of sp³-hybridized carbons (Fsp3) is 0. The summed E-state index contributed by atoms with van der Waals surface area (Å²) in [5, 5.41) is 2.88. The van der Waals surface area contributed by atoms with Crippen LogP contribution >= 0.6 is 0 Å². The van der Waals surface area contributed by atoms with Crippen molar-refractivity contribution in [2.24, 2.45) is 0 Å². The van der Waals surface area contributed by atoms with E-state index in [0.29, 0.717) is 11.5 Å². The molecule has 0 amide bonds. The van der Waals surface area contributed by atoms with Crippen LogP contribution in [0.2, 0.25) is 0 Å². The Kier molecular flexibility index (Phi) is 2.75. The molecular weight excluding hydrogens is 286 g/mol. The lowest BCUT2D eigenvalue weighted by Gasteiger charge is -2.10. The Hall–Kier alpha value is -3.02. The van der Waals surface area contributed by atoms with Crippen LogP contribution in [-0.4, -0.2) is 14.4 Å². The quantitative estimate of drug-likeness (QED) is 0.610. The van der Waals surface area contributed by atoms with E-state index in [1.165, 1.54) is 12.1 Å². The van der Waals surface area contributed by atoms with Gasteiger partial charge in [-0.15, -0.1) is 0 Å². The number of fused-ring (bicyclic) bond motifs is 3. The minimum atomic E-state index is -0.681. The highest BCUT2D eigenvalue weighted by Crippen LogP contribution is 2.25. The predicted octanol–water partition coefficient (Wildman–Crippen LogP) is 3.90. The van der Waals surface area contributed by atoms with Crippen LogP contribution in [0.25, 0.3) is 16.7 Å². The van der Waals surface area contributed by atoms with E-state index in [2.05, 4.69) is 15.3 Å². The number of aromatic nitrogens is 3. The summed E-state index contributed by atoms with van der Waals surface area (Å²) in [6.07, 6.45) is 3.46. The Morgan fingerprint density at radius 2 is 1.91 bits per heavy atom. The maximum atomic E-state index is 13.8. The number of hydrogen-bond donors (Lipinski definition) is 1. The molecule has 0 aliphatic rings. The highest BCUT2D eigenvalue weighted by Gasteiger charge is 2.11. The summed E-state index contributed by atoms with van der Waals surface area (Å²) in [7, 11) is 0. The van der Waals surface area contributed by atoms with Gasteiger partial charge in [-0.25, -0.2) is 18.7 Å². The molecule has 0 saturated carbocycles. The number of benzene rings is 2. The van der Waals surface area contributed by atoms with Crippen LogP contribution in [-0.2, 0) is 0 Å². The van der Waals surface area contributed by atoms with Crippen molar-refractivity contribution in [3.8, 4) is 0 Å². The van der Waals surface area contributed by atoms with Crippen LogP contribution < -0.4 is 5.32 Å². The van der Waals surface area contributed by atoms with Crippen molar-refractivity contribution in [1.82, 2.24) is 14.4 Å². The van der Waals surface area contributed by atoms with Gasteiger partial charge in [-0.3, -0.25) is 4.40 Å². The first-order chi connectivity index (χ1) is 10.7. The van der Waals surface area contributed by atoms with E-state index in [0.717, 1.165) is 17.1 Å². The Bertz CT molecular complexity index is 994. The van der Waals surface area contributed by atoms with Crippen molar-refractivity contribution in [3.05, 3.63) is 66.5 Å². The lowest BCUT2D eigenvalue weighted by molar-refractivity contribution is 0.586. The average Bonchev–Trinajstić information content (AvgIpc) is 3.00. The molecule has 6 heteroatoms. The number of nitrogens with one attached hydrogen (secondary N) is 1. The second kappa shape index (κ2) is 4.77. The van der Waals surface area contributed by atoms with Gasteiger partial charge in [0.15, 0.2) is 11.5 Å². The van der Waals surface area contributed by atoms with Crippen LogP contribution in [0, 0.1) is 11.6 Å². The molecule has 4 nitrogen and oxygen atoms in total. The van der Waals surface area contributed by atoms with Gasteiger partial charge in [0.2, 0.25) is 0 Å². The normalized spacial score (nSPS) is 11.2. The molecule has 0 bridgehead atoms. The molecule has 2 aromatic carbocycles. The number of rotatable bonds is 2. The third-order valence-corrected chi connectivity index (χ3v) is 3.41. The number of hydrogen-bond acceptors (Lipinski definition) is 3. The van der Waals surface area contributed by atoms with E-state index in [4.69, 9.17) is 0 Å². The molecule has 0 spiro atoms. The maximum Gasteiger partial charge on any atom is 0.180 e. The highest BCUT2D eigenvalue weighted by molar-refractivity contribution is 5.84. The van der Waals surface area contributed by atoms with Crippen LogP contribution in [0.15, 0.2) is 54.9 Å². The first-order valence-corrected chi connectivity index (χ1v) is 6.66. The third-order valence-electron chi connectivity index (χ3n) is 3.41. The van der Waals surface area contributed by atoms with Crippen molar-refractivity contribution < 1.29 is 8.78 Å². The zero-order valence-electron chi connectivity index (χ0n) is 11.3. The molecule has 0 radical (unpaired) electrons. The van der Waals surface area contributed by atoms with Gasteiger partial charge < -0.3 is 5.32 Å². The molecule has 4 rings (SSSR count). The molecule has 4 aromatic rings. The van der Waals surface area contributed by atoms with Crippen molar-refractivity contribution in [1.29, 1.82) is 0 Å². The molecule has 0 unspecified atom stereocenters. The van der Waals surface area contributed by atoms with Crippen LogP contribution in [0.3, 0.4) is 0 Å². The summed E-state index contributed by atoms with van der Waals surface area (Å²) < 4.78 is 28.7. The van der Waals surface area contributed by atoms with Crippen molar-refractivity contribution in [2.45, 2.75) is 0 Å². The Labute approximate surface area is 124 Å². The molecule has 1 N–H and O–H groups in total. The van der Waals surface area contributed by atoms with E-state index in [-0.39, 0.29) is 5.69 Å². The highest BCUT2D eigenvalue weighted by atomic mass is 19.1. The van der Waals surface area contributed by atoms with Crippen LogP contribution in [0.5, 0.6) is 0 Å². The molecule has 0 aliphatic carbocycles. The topological polar surface area (TPSA) is 42.2 Å². The van der Waals surface area contributed by atoms with Gasteiger partial charge in [0.25, 0.3) is 0 Å². The lowest BCUT2D eigenvalue weighted by atomic mass is 10.3. The average molecular weight is 296 g/mol. The monoisotopic (exact) mass is 296 g/mol. The van der Waals surface area contributed by atoms with Crippen molar-refractivity contribution in [2.75, 3.05) is 5.32 Å². The van der Waals surface area contributed by atoms with E-state index in [1.807, 2.05) is 34.9 Å². The second-order valence-corrected chi connectivity index (χ2v) is 4.82. The van der Waals surface area contributed by atoms with Crippen molar-refractivity contribution >= 4 is 28.2 Å². The number of para-hydroxylation sites is 2. The number of anilines is 2. The van der Waals surface area contributed by atoms with Gasteiger partial charge in [-0.2, -0.15) is 0 Å². The Morgan fingerprint density at radius 3 is 2.77 bits per heavy atom. The molecule has 108 valence electrons. The van der Waals surface area contributed by atoms with Gasteiger partial charge >= 0.3 is 0 Å². The van der Waals surface area contributed by atoms with Gasteiger partial charge in [-0.1, -0.05) is 12.1 Å². The summed E-state index contributed by atoms with van der Waals surface area (Å²) in [6.45, 7) is 0. The summed E-state index contributed by atoms with van der Waals surface area (Å²) in [5.74, 6) is -0.894. The summed E-state index contributed by atoms with van der Waals surface area (Å²) in [4.78, 5) is 8.73. The molecule has 0 atom stereocenters. The minimum absolute atomic E-state index is 0.147. The maximum absolute atomic E-state index is 13.8. The number of nitrogens with zero attached hydrogens (tertiary/aromatic N) is 3. The van der Waals surface area contributed by atoms with Gasteiger partial charge in [0.1, 0.15) is 11.6 Å². The SMILES string of the molecule is Fc1ccc(Nc2nc3ccccc3n3ccnc23)c(F)c1. The second-order valence-electron chi connectivity index (χ2n) is 4.82. The van der Waals surface area contributed by atoms with Gasteiger partial charge in [0.05, 0.1) is 16.7 Å². The van der Waals surface area contributed by atoms with Gasteiger partial charge in [-0.05, 0) is 24.3 Å². The standard InChI is InChI=1S/C16H10F2N4/c17-10-5-6-12(11(18)9-10)20-15-16-19-7-8-22(16)14-4-2-1-3-13(14)21-15/h1-9H,(H,20,21). The summed E-state index contributed by atoms with van der Waals surface area (Å²) >= 11 is 0. The van der Waals surface area contributed by atoms with E-state index in [9.17, 15) is 8.78 Å². The zero-order chi connectivity index (χ0) is 15.1. The largest absolute Gasteiger partial charge is 0.335 e. The summed E-state index contributed by atoms with van der Waals surface area (Å²) in [6, 6.07) is 10.9. The van der Waals surface area contributed by atoms with Crippen LogP contribution in [0.1, 0.15) is 0 Å². The third kappa shape index (κ3) is 1.96. The molecule has 0 aliphatic heterocycles. The zero-order valence-corrected chi connectivity index (χ0v) is 11.3. The summed E-state index contributed by atoms with van der Waals surface area (Å²) in [5.41, 5.74) is 2.37. The molecule has 2 heterocycles. The fourth-order valence-electron chi connectivity index (χ4n) is 2.41. The first kappa shape index (κ1) is 12.7. The molecular formula is C16H10F2N4. The predicted molar refractivity (Wildman–Crippen MR) is 80.1 cm³/mol. The molecule has 0 saturated heterocycles. The molecule has 22 heavy (non-hydrogen) atoms. The van der Waals surface area contributed by atoms with Crippen molar-refractivity contribution in [3.63, 3.8) is 0 Å². The number of halogens is 2. The fourth-order valence-corrected chi connectivity index (χ4v) is 2.41. The Morgan fingerprint density at radius 1 is 1.05 bits per heavy atom. The molecule has 0 fully saturated rings. The minimum Gasteiger partial charge on any atom is -0.335 e. The van der Waals surface area contributed by atoms with E-state index >= 15 is 0 Å². The van der Waals surface area contributed by atoms with E-state index in [1.54, 1.807) is 6.20 Å². The van der Waals surface area contributed by atoms with Crippen LogP contribution in [0.4, 0.5) is 20.3 Å². The number of imidazole rings is 1. The molecule has 2 aromatic heterocycles. The van der Waals surface area contributed by atoms with Gasteiger partial charge in [0, 0.05) is 18.5 Å².